The molecule has 2 atom stereocenters. The molecule has 41 heavy (non-hydrogen) atoms. The summed E-state index contributed by atoms with van der Waals surface area (Å²) in [6.07, 6.45) is 10.9. The highest BCUT2D eigenvalue weighted by Crippen LogP contribution is 2.24. The Bertz CT molecular complexity index is 1170. The van der Waals surface area contributed by atoms with Gasteiger partial charge in [-0.15, -0.1) is 11.3 Å². The van der Waals surface area contributed by atoms with Gasteiger partial charge < -0.3 is 24.7 Å². The van der Waals surface area contributed by atoms with Gasteiger partial charge in [0.2, 0.25) is 0 Å². The number of ether oxygens (including phenoxy) is 3. The number of allylic oxidation sites excluding steroid dienone is 2. The normalized spacial score (nSPS) is 15.7. The van der Waals surface area contributed by atoms with E-state index in [1.54, 1.807) is 33.8 Å². The van der Waals surface area contributed by atoms with Crippen LogP contribution in [0.3, 0.4) is 0 Å². The number of aldehydes is 1. The molecule has 0 aliphatic heterocycles. The zero-order valence-corrected chi connectivity index (χ0v) is 25.7. The zero-order valence-electron chi connectivity index (χ0n) is 24.9. The summed E-state index contributed by atoms with van der Waals surface area (Å²) >= 11 is 1.50. The van der Waals surface area contributed by atoms with Crippen molar-refractivity contribution in [3.63, 3.8) is 0 Å². The van der Waals surface area contributed by atoms with Crippen LogP contribution in [0.2, 0.25) is 0 Å². The van der Waals surface area contributed by atoms with Crippen molar-refractivity contribution in [2.45, 2.75) is 85.3 Å². The van der Waals surface area contributed by atoms with Crippen molar-refractivity contribution in [2.24, 2.45) is 11.7 Å². The molecule has 224 valence electrons. The lowest BCUT2D eigenvalue weighted by atomic mass is 9.91. The summed E-state index contributed by atoms with van der Waals surface area (Å²) in [7, 11) is 0. The van der Waals surface area contributed by atoms with Gasteiger partial charge in [-0.25, -0.2) is 14.6 Å². The van der Waals surface area contributed by atoms with Gasteiger partial charge in [-0.05, 0) is 89.3 Å². The quantitative estimate of drug-likeness (QED) is 0.132. The third kappa shape index (κ3) is 12.4. The van der Waals surface area contributed by atoms with Crippen molar-refractivity contribution in [3.8, 4) is 5.75 Å². The van der Waals surface area contributed by atoms with Gasteiger partial charge in [0.1, 0.15) is 17.0 Å². The Morgan fingerprint density at radius 2 is 1.73 bits per heavy atom. The molecule has 9 heteroatoms. The van der Waals surface area contributed by atoms with Crippen LogP contribution >= 0.6 is 11.3 Å². The predicted octanol–water partition coefficient (Wildman–Crippen LogP) is 6.39. The number of nitrogens with zero attached hydrogens (tertiary/aromatic N) is 1. The van der Waals surface area contributed by atoms with E-state index in [-0.39, 0.29) is 18.0 Å². The van der Waals surface area contributed by atoms with E-state index in [9.17, 15) is 14.4 Å². The molecule has 0 saturated heterocycles. The van der Waals surface area contributed by atoms with Gasteiger partial charge in [-0.2, -0.15) is 0 Å². The standard InChI is InChI=1S/C25H32N2O5S.C7H12O/c1-6-30-24(28)17(4)12-16(3)13-20-15-33-23(27-20)22(26)14-19-8-10-21(11-9-19)32-18(5)25(29)31-7-2;8-6-7-4-2-1-3-5-7/h8-13,15,18,22H,6-7,14,26H2,1-5H3;6-7H,1-5H2/b16-13+,17-12-;. The Kier molecular flexibility index (Phi) is 15.0. The fourth-order valence-electron chi connectivity index (χ4n) is 4.29. The van der Waals surface area contributed by atoms with Crippen LogP contribution in [0, 0.1) is 5.92 Å². The minimum absolute atomic E-state index is 0.250. The number of nitrogens with two attached hydrogens (primary N) is 1. The lowest BCUT2D eigenvalue weighted by Gasteiger charge is -2.14. The van der Waals surface area contributed by atoms with E-state index in [1.807, 2.05) is 42.6 Å². The molecular formula is C32H44N2O6S. The van der Waals surface area contributed by atoms with Gasteiger partial charge in [-0.3, -0.25) is 0 Å². The number of thiazole rings is 1. The minimum Gasteiger partial charge on any atom is -0.479 e. The van der Waals surface area contributed by atoms with E-state index in [1.165, 1.54) is 30.6 Å². The molecule has 1 saturated carbocycles. The van der Waals surface area contributed by atoms with Crippen LogP contribution in [0.15, 0.2) is 46.9 Å². The maximum absolute atomic E-state index is 11.8. The smallest absolute Gasteiger partial charge is 0.347 e. The van der Waals surface area contributed by atoms with Crippen LogP contribution in [0.1, 0.15) is 89.0 Å². The molecule has 0 amide bonds. The molecule has 0 spiro atoms. The molecule has 1 aliphatic rings. The highest BCUT2D eigenvalue weighted by atomic mass is 32.1. The molecular weight excluding hydrogens is 540 g/mol. The van der Waals surface area contributed by atoms with Crippen LogP contribution in [0.5, 0.6) is 5.75 Å². The van der Waals surface area contributed by atoms with Gasteiger partial charge in [0, 0.05) is 16.9 Å². The molecule has 1 aromatic heterocycles. The first-order chi connectivity index (χ1) is 19.7. The van der Waals surface area contributed by atoms with Gasteiger partial charge in [0.15, 0.2) is 6.10 Å². The molecule has 3 rings (SSSR count). The fourth-order valence-corrected chi connectivity index (χ4v) is 5.06. The Morgan fingerprint density at radius 1 is 1.07 bits per heavy atom. The molecule has 1 aliphatic carbocycles. The first kappa shape index (κ1) is 33.9. The van der Waals surface area contributed by atoms with Crippen LogP contribution in [-0.2, 0) is 30.3 Å². The lowest BCUT2D eigenvalue weighted by Crippen LogP contribution is -2.26. The number of benzene rings is 1. The van der Waals surface area contributed by atoms with Crippen molar-refractivity contribution in [1.82, 2.24) is 4.98 Å². The molecule has 8 nitrogen and oxygen atoms in total. The number of rotatable bonds is 12. The van der Waals surface area contributed by atoms with Crippen LogP contribution in [0.4, 0.5) is 0 Å². The largest absolute Gasteiger partial charge is 0.479 e. The van der Waals surface area contributed by atoms with E-state index in [4.69, 9.17) is 19.9 Å². The summed E-state index contributed by atoms with van der Waals surface area (Å²) in [5.41, 5.74) is 9.66. The third-order valence-corrected chi connectivity index (χ3v) is 7.42. The lowest BCUT2D eigenvalue weighted by molar-refractivity contribution is -0.150. The fraction of sp³-hybridized carbons (Fsp3) is 0.500. The molecule has 2 aromatic rings. The van der Waals surface area contributed by atoms with Crippen molar-refractivity contribution in [2.75, 3.05) is 13.2 Å². The topological polar surface area (TPSA) is 118 Å². The highest BCUT2D eigenvalue weighted by Gasteiger charge is 2.16. The second-order valence-corrected chi connectivity index (χ2v) is 10.9. The van der Waals surface area contributed by atoms with E-state index in [0.29, 0.717) is 36.9 Å². The number of aromatic nitrogens is 1. The summed E-state index contributed by atoms with van der Waals surface area (Å²) in [5, 5.41) is 2.77. The number of esters is 2. The Labute approximate surface area is 248 Å². The summed E-state index contributed by atoms with van der Waals surface area (Å²) in [4.78, 5) is 38.2. The Morgan fingerprint density at radius 3 is 2.32 bits per heavy atom. The summed E-state index contributed by atoms with van der Waals surface area (Å²) < 4.78 is 15.6. The van der Waals surface area contributed by atoms with Crippen LogP contribution < -0.4 is 10.5 Å². The van der Waals surface area contributed by atoms with Gasteiger partial charge >= 0.3 is 11.9 Å². The van der Waals surface area contributed by atoms with Crippen molar-refractivity contribution < 1.29 is 28.6 Å². The highest BCUT2D eigenvalue weighted by molar-refractivity contribution is 7.09. The number of carbonyl (C=O) groups excluding carboxylic acids is 3. The molecule has 0 bridgehead atoms. The zero-order chi connectivity index (χ0) is 30.2. The SMILES string of the molecule is CCOC(=O)/C(C)=C\C(C)=C\c1csc(C(N)Cc2ccc(OC(C)C(=O)OCC)cc2)n1.O=CC1CCCCC1. The first-order valence-electron chi connectivity index (χ1n) is 14.3. The van der Waals surface area contributed by atoms with E-state index < -0.39 is 6.10 Å². The number of hydrogen-bond donors (Lipinski definition) is 1. The Hall–Kier alpha value is -3.30. The predicted molar refractivity (Wildman–Crippen MR) is 163 cm³/mol. The Balaban J connectivity index is 0.000000629. The number of carbonyl (C=O) groups is 3. The monoisotopic (exact) mass is 584 g/mol. The maximum Gasteiger partial charge on any atom is 0.347 e. The van der Waals surface area contributed by atoms with Crippen molar-refractivity contribution in [1.29, 1.82) is 0 Å². The number of hydrogen-bond acceptors (Lipinski definition) is 9. The van der Waals surface area contributed by atoms with Gasteiger partial charge in [0.05, 0.1) is 24.9 Å². The second kappa shape index (κ2) is 18.2. The third-order valence-electron chi connectivity index (χ3n) is 6.43. The summed E-state index contributed by atoms with van der Waals surface area (Å²) in [5.74, 6) is 0.289. The second-order valence-electron chi connectivity index (χ2n) is 10.0. The van der Waals surface area contributed by atoms with E-state index in [2.05, 4.69) is 4.98 Å². The van der Waals surface area contributed by atoms with Crippen molar-refractivity contribution in [3.05, 3.63) is 63.1 Å². The molecule has 1 heterocycles. The average Bonchev–Trinajstić information content (AvgIpc) is 3.43. The van der Waals surface area contributed by atoms with Crippen molar-refractivity contribution >= 4 is 35.6 Å². The average molecular weight is 585 g/mol. The molecule has 2 unspecified atom stereocenters. The van der Waals surface area contributed by atoms with Crippen LogP contribution in [0.25, 0.3) is 6.08 Å². The van der Waals surface area contributed by atoms with E-state index >= 15 is 0 Å². The molecule has 1 fully saturated rings. The molecule has 0 radical (unpaired) electrons. The first-order valence-corrected chi connectivity index (χ1v) is 15.2. The molecule has 2 N–H and O–H groups in total. The van der Waals surface area contributed by atoms with E-state index in [0.717, 1.165) is 41.0 Å². The van der Waals surface area contributed by atoms with Gasteiger partial charge in [-0.1, -0.05) is 31.4 Å². The van der Waals surface area contributed by atoms with Crippen LogP contribution in [-0.4, -0.2) is 42.5 Å². The van der Waals surface area contributed by atoms with Gasteiger partial charge in [0.25, 0.3) is 0 Å². The maximum atomic E-state index is 11.8. The summed E-state index contributed by atoms with van der Waals surface area (Å²) in [6.45, 7) is 9.51. The minimum atomic E-state index is -0.667. The summed E-state index contributed by atoms with van der Waals surface area (Å²) in [6, 6.07) is 7.23. The molecule has 1 aromatic carbocycles.